The van der Waals surface area contributed by atoms with E-state index in [1.54, 1.807) is 48.5 Å². The van der Waals surface area contributed by atoms with Gasteiger partial charge in [-0.25, -0.2) is 8.42 Å². The van der Waals surface area contributed by atoms with Gasteiger partial charge in [0.25, 0.3) is 10.0 Å². The summed E-state index contributed by atoms with van der Waals surface area (Å²) in [4.78, 5) is 12.8. The van der Waals surface area contributed by atoms with Crippen molar-refractivity contribution in [3.63, 3.8) is 0 Å². The minimum Gasteiger partial charge on any atom is -0.350 e. The second kappa shape index (κ2) is 9.45. The number of amides is 1. The van der Waals surface area contributed by atoms with Crippen molar-refractivity contribution >= 4 is 37.5 Å². The smallest absolute Gasteiger partial charge is 0.264 e. The summed E-state index contributed by atoms with van der Waals surface area (Å²) in [6, 6.07) is 21.3. The summed E-state index contributed by atoms with van der Waals surface area (Å²) in [5.41, 5.74) is 3.45. The fourth-order valence-electron chi connectivity index (χ4n) is 2.88. The first-order chi connectivity index (χ1) is 14.3. The van der Waals surface area contributed by atoms with E-state index in [4.69, 9.17) is 0 Å². The van der Waals surface area contributed by atoms with E-state index in [-0.39, 0.29) is 17.3 Å². The molecular formula is C23H23BrN2O3S. The highest BCUT2D eigenvalue weighted by molar-refractivity contribution is 9.10. The van der Waals surface area contributed by atoms with Gasteiger partial charge in [0.05, 0.1) is 10.6 Å². The van der Waals surface area contributed by atoms with E-state index in [9.17, 15) is 13.2 Å². The van der Waals surface area contributed by atoms with Gasteiger partial charge in [-0.05, 0) is 49.7 Å². The van der Waals surface area contributed by atoms with E-state index in [0.717, 1.165) is 25.5 Å². The van der Waals surface area contributed by atoms with Gasteiger partial charge in [0.2, 0.25) is 5.91 Å². The first kappa shape index (κ1) is 22.1. The predicted molar refractivity (Wildman–Crippen MR) is 123 cm³/mol. The summed E-state index contributed by atoms with van der Waals surface area (Å²) in [6.45, 7) is 3.89. The van der Waals surface area contributed by atoms with E-state index >= 15 is 0 Å². The Morgan fingerprint density at radius 2 is 1.53 bits per heavy atom. The third-order valence-corrected chi connectivity index (χ3v) is 6.88. The number of aryl methyl sites for hydroxylation is 2. The Labute approximate surface area is 185 Å². The van der Waals surface area contributed by atoms with Crippen LogP contribution in [-0.2, 0) is 21.4 Å². The average molecular weight is 487 g/mol. The Kier molecular flexibility index (Phi) is 6.95. The molecule has 0 unspecified atom stereocenters. The number of halogens is 1. The Hall–Kier alpha value is -2.64. The highest BCUT2D eigenvalue weighted by Gasteiger charge is 2.27. The van der Waals surface area contributed by atoms with Crippen LogP contribution in [-0.4, -0.2) is 20.9 Å². The number of sulfonamides is 1. The molecule has 0 fully saturated rings. The molecule has 1 N–H and O–H groups in total. The maximum Gasteiger partial charge on any atom is 0.264 e. The number of hydrogen-bond donors (Lipinski definition) is 1. The second-order valence-electron chi connectivity index (χ2n) is 7.07. The maximum absolute atomic E-state index is 13.3. The van der Waals surface area contributed by atoms with Crippen LogP contribution in [0.4, 0.5) is 5.69 Å². The number of rotatable bonds is 7. The van der Waals surface area contributed by atoms with Crippen LogP contribution in [0, 0.1) is 13.8 Å². The van der Waals surface area contributed by atoms with Crippen molar-refractivity contribution in [2.24, 2.45) is 0 Å². The van der Waals surface area contributed by atoms with Crippen LogP contribution in [0.15, 0.2) is 82.2 Å². The Morgan fingerprint density at radius 1 is 0.933 bits per heavy atom. The molecule has 1 amide bonds. The minimum absolute atomic E-state index is 0.138. The molecule has 5 nitrogen and oxygen atoms in total. The van der Waals surface area contributed by atoms with Crippen LogP contribution in [0.25, 0.3) is 0 Å². The third-order valence-electron chi connectivity index (χ3n) is 4.60. The number of hydrogen-bond acceptors (Lipinski definition) is 3. The molecular weight excluding hydrogens is 464 g/mol. The monoisotopic (exact) mass is 486 g/mol. The van der Waals surface area contributed by atoms with Crippen LogP contribution >= 0.6 is 15.9 Å². The van der Waals surface area contributed by atoms with Gasteiger partial charge in [0.15, 0.2) is 0 Å². The molecule has 0 aromatic heterocycles. The fraction of sp³-hybridized carbons (Fsp3) is 0.174. The normalized spacial score (nSPS) is 11.2. The zero-order valence-electron chi connectivity index (χ0n) is 16.8. The van der Waals surface area contributed by atoms with Crippen molar-refractivity contribution in [3.05, 3.63) is 94.0 Å². The van der Waals surface area contributed by atoms with Crippen LogP contribution in [0.1, 0.15) is 16.7 Å². The highest BCUT2D eigenvalue weighted by Crippen LogP contribution is 2.26. The molecule has 7 heteroatoms. The topological polar surface area (TPSA) is 66.5 Å². The molecule has 0 heterocycles. The molecule has 0 spiro atoms. The summed E-state index contributed by atoms with van der Waals surface area (Å²) in [6.07, 6.45) is 0. The first-order valence-corrected chi connectivity index (χ1v) is 11.7. The quantitative estimate of drug-likeness (QED) is 0.531. The molecule has 3 aromatic rings. The van der Waals surface area contributed by atoms with Gasteiger partial charge in [-0.1, -0.05) is 69.5 Å². The fourth-order valence-corrected chi connectivity index (χ4v) is 4.68. The zero-order valence-corrected chi connectivity index (χ0v) is 19.2. The predicted octanol–water partition coefficient (Wildman–Crippen LogP) is 4.58. The SMILES string of the molecule is Cc1ccc(CNC(=O)CN(c2cccc(Br)c2)S(=O)(=O)c2ccc(C)cc2)cc1. The zero-order chi connectivity index (χ0) is 21.7. The summed E-state index contributed by atoms with van der Waals surface area (Å²) in [5, 5.41) is 2.81. The molecule has 30 heavy (non-hydrogen) atoms. The molecule has 0 aliphatic heterocycles. The number of nitrogens with zero attached hydrogens (tertiary/aromatic N) is 1. The van der Waals surface area contributed by atoms with E-state index in [1.807, 2.05) is 38.1 Å². The standard InChI is InChI=1S/C23H23BrN2O3S/c1-17-6-10-19(11-7-17)15-25-23(27)16-26(21-5-3-4-20(24)14-21)30(28,29)22-12-8-18(2)9-13-22/h3-14H,15-16H2,1-2H3,(H,25,27). The lowest BCUT2D eigenvalue weighted by Crippen LogP contribution is -2.40. The molecule has 0 aliphatic rings. The number of carbonyl (C=O) groups is 1. The Morgan fingerprint density at radius 3 is 2.13 bits per heavy atom. The van der Waals surface area contributed by atoms with Gasteiger partial charge in [-0.2, -0.15) is 0 Å². The molecule has 0 radical (unpaired) electrons. The van der Waals surface area contributed by atoms with Crippen molar-refractivity contribution in [1.29, 1.82) is 0 Å². The van der Waals surface area contributed by atoms with Crippen LogP contribution in [0.5, 0.6) is 0 Å². The number of carbonyl (C=O) groups excluding carboxylic acids is 1. The van der Waals surface area contributed by atoms with E-state index in [1.165, 1.54) is 0 Å². The maximum atomic E-state index is 13.3. The van der Waals surface area contributed by atoms with E-state index < -0.39 is 10.0 Å². The van der Waals surface area contributed by atoms with E-state index in [0.29, 0.717) is 12.2 Å². The summed E-state index contributed by atoms with van der Waals surface area (Å²) in [7, 11) is -3.92. The molecule has 0 aliphatic carbocycles. The molecule has 0 saturated carbocycles. The Bertz CT molecular complexity index is 1130. The number of nitrogens with one attached hydrogen (secondary N) is 1. The van der Waals surface area contributed by atoms with Crippen LogP contribution < -0.4 is 9.62 Å². The van der Waals surface area contributed by atoms with Gasteiger partial charge < -0.3 is 5.32 Å². The van der Waals surface area contributed by atoms with E-state index in [2.05, 4.69) is 21.2 Å². The number of benzene rings is 3. The van der Waals surface area contributed by atoms with Crippen LogP contribution in [0.3, 0.4) is 0 Å². The molecule has 3 rings (SSSR count). The van der Waals surface area contributed by atoms with Crippen molar-refractivity contribution in [2.75, 3.05) is 10.8 Å². The van der Waals surface area contributed by atoms with Gasteiger partial charge >= 0.3 is 0 Å². The molecule has 0 atom stereocenters. The lowest BCUT2D eigenvalue weighted by Gasteiger charge is -2.24. The third kappa shape index (κ3) is 5.49. The van der Waals surface area contributed by atoms with Crippen molar-refractivity contribution in [2.45, 2.75) is 25.3 Å². The summed E-state index contributed by atoms with van der Waals surface area (Å²) in [5.74, 6) is -0.383. The first-order valence-electron chi connectivity index (χ1n) is 9.43. The van der Waals surface area contributed by atoms with Gasteiger partial charge in [-0.3, -0.25) is 9.10 Å². The van der Waals surface area contributed by atoms with Gasteiger partial charge in [-0.15, -0.1) is 0 Å². The lowest BCUT2D eigenvalue weighted by molar-refractivity contribution is -0.119. The number of anilines is 1. The minimum atomic E-state index is -3.92. The largest absolute Gasteiger partial charge is 0.350 e. The summed E-state index contributed by atoms with van der Waals surface area (Å²) < 4.78 is 28.5. The van der Waals surface area contributed by atoms with Gasteiger partial charge in [0.1, 0.15) is 6.54 Å². The highest BCUT2D eigenvalue weighted by atomic mass is 79.9. The Balaban J connectivity index is 1.85. The molecule has 0 bridgehead atoms. The van der Waals surface area contributed by atoms with Crippen molar-refractivity contribution in [1.82, 2.24) is 5.32 Å². The van der Waals surface area contributed by atoms with Crippen molar-refractivity contribution < 1.29 is 13.2 Å². The van der Waals surface area contributed by atoms with Crippen molar-refractivity contribution in [3.8, 4) is 0 Å². The van der Waals surface area contributed by atoms with Gasteiger partial charge in [0, 0.05) is 11.0 Å². The molecule has 3 aromatic carbocycles. The van der Waals surface area contributed by atoms with Crippen LogP contribution in [0.2, 0.25) is 0 Å². The molecule has 0 saturated heterocycles. The molecule has 156 valence electrons. The second-order valence-corrected chi connectivity index (χ2v) is 9.84. The lowest BCUT2D eigenvalue weighted by atomic mass is 10.1. The average Bonchev–Trinajstić information content (AvgIpc) is 2.72. The summed E-state index contributed by atoms with van der Waals surface area (Å²) >= 11 is 3.37.